The van der Waals surface area contributed by atoms with Crippen molar-refractivity contribution >= 4 is 40.1 Å². The zero-order valence-corrected chi connectivity index (χ0v) is 19.2. The predicted molar refractivity (Wildman–Crippen MR) is 121 cm³/mol. The molecule has 2 saturated heterocycles. The summed E-state index contributed by atoms with van der Waals surface area (Å²) < 4.78 is 25.7. The molecular weight excluding hydrogens is 474 g/mol. The fourth-order valence-electron chi connectivity index (χ4n) is 4.13. The summed E-state index contributed by atoms with van der Waals surface area (Å²) in [4.78, 5) is 12.7. The van der Waals surface area contributed by atoms with E-state index in [1.165, 1.54) is 6.20 Å². The van der Waals surface area contributed by atoms with Gasteiger partial charge in [-0.2, -0.15) is 0 Å². The zero-order chi connectivity index (χ0) is 23.5. The molecule has 4 heterocycles. The number of fused-ring (bicyclic) bond motifs is 3. The third-order valence-corrected chi connectivity index (χ3v) is 6.53. The highest BCUT2D eigenvalue weighted by Crippen LogP contribution is 2.38. The maximum absolute atomic E-state index is 14.8. The summed E-state index contributed by atoms with van der Waals surface area (Å²) in [5.41, 5.74) is -0.0244. The molecule has 2 aromatic heterocycles. The number of aliphatic hydroxyl groups is 2. The van der Waals surface area contributed by atoms with E-state index in [4.69, 9.17) is 32.7 Å². The van der Waals surface area contributed by atoms with Crippen LogP contribution in [-0.4, -0.2) is 56.3 Å². The minimum atomic E-state index is -1.23. The molecule has 2 aliphatic heterocycles. The van der Waals surface area contributed by atoms with E-state index < -0.39 is 29.9 Å². The van der Waals surface area contributed by atoms with Crippen molar-refractivity contribution in [2.24, 2.45) is 0 Å². The number of hydrogen-bond acceptors (Lipinski definition) is 8. The number of nitrogens with one attached hydrogen (secondary N) is 1. The van der Waals surface area contributed by atoms with E-state index in [0.29, 0.717) is 35.1 Å². The van der Waals surface area contributed by atoms with E-state index in [1.54, 1.807) is 26.0 Å². The van der Waals surface area contributed by atoms with Gasteiger partial charge in [-0.25, -0.2) is 14.4 Å². The highest BCUT2D eigenvalue weighted by Gasteiger charge is 2.43. The number of rotatable bonds is 4. The lowest BCUT2D eigenvalue weighted by atomic mass is 9.97. The third kappa shape index (κ3) is 4.14. The Balaban J connectivity index is 1.53. The van der Waals surface area contributed by atoms with Crippen LogP contribution in [-0.2, 0) is 15.1 Å². The fourth-order valence-corrected chi connectivity index (χ4v) is 4.82. The van der Waals surface area contributed by atoms with Gasteiger partial charge in [0.05, 0.1) is 46.1 Å². The topological polar surface area (TPSA) is 110 Å². The number of anilines is 1. The van der Waals surface area contributed by atoms with Crippen LogP contribution in [0.5, 0.6) is 0 Å². The van der Waals surface area contributed by atoms with Crippen LogP contribution in [0.2, 0.25) is 10.0 Å². The molecule has 0 aliphatic carbocycles. The average Bonchev–Trinajstić information content (AvgIpc) is 3.16. The monoisotopic (exact) mass is 494 g/mol. The van der Waals surface area contributed by atoms with Gasteiger partial charge < -0.3 is 25.0 Å². The van der Waals surface area contributed by atoms with Crippen LogP contribution in [0.15, 0.2) is 24.5 Å². The largest absolute Gasteiger partial charge is 0.386 e. The molecule has 2 bridgehead atoms. The molecule has 0 spiro atoms. The molecule has 11 heteroatoms. The van der Waals surface area contributed by atoms with Crippen molar-refractivity contribution in [1.82, 2.24) is 15.0 Å². The summed E-state index contributed by atoms with van der Waals surface area (Å²) in [6, 6.07) is 2.75. The Kier molecular flexibility index (Phi) is 5.67. The van der Waals surface area contributed by atoms with Crippen LogP contribution < -0.4 is 5.32 Å². The number of pyridine rings is 1. The van der Waals surface area contributed by atoms with Crippen molar-refractivity contribution in [3.8, 4) is 11.3 Å². The second-order valence-corrected chi connectivity index (χ2v) is 9.51. The number of ether oxygens (including phenoxy) is 2. The normalized spacial score (nSPS) is 24.9. The molecule has 174 valence electrons. The number of hydrogen-bond donors (Lipinski definition) is 3. The summed E-state index contributed by atoms with van der Waals surface area (Å²) in [6.45, 7) is 3.60. The Labute approximate surface area is 198 Å². The predicted octanol–water partition coefficient (Wildman–Crippen LogP) is 3.65. The van der Waals surface area contributed by atoms with Gasteiger partial charge in [0, 0.05) is 22.7 Å². The van der Waals surface area contributed by atoms with Crippen molar-refractivity contribution < 1.29 is 24.1 Å². The lowest BCUT2D eigenvalue weighted by Crippen LogP contribution is -2.48. The van der Waals surface area contributed by atoms with E-state index in [2.05, 4.69) is 20.3 Å². The third-order valence-electron chi connectivity index (χ3n) is 5.83. The van der Waals surface area contributed by atoms with Gasteiger partial charge in [-0.1, -0.05) is 23.2 Å². The quantitative estimate of drug-likeness (QED) is 0.504. The van der Waals surface area contributed by atoms with E-state index in [-0.39, 0.29) is 27.8 Å². The Hall–Kier alpha value is -2.14. The van der Waals surface area contributed by atoms with Crippen LogP contribution >= 0.6 is 23.2 Å². The number of aliphatic hydroxyl groups excluding tert-OH is 1. The van der Waals surface area contributed by atoms with E-state index >= 15 is 0 Å². The molecule has 33 heavy (non-hydrogen) atoms. The van der Waals surface area contributed by atoms with Crippen LogP contribution in [0.25, 0.3) is 22.2 Å². The standard InChI is InChI=1S/C22H21Cl2FN4O4/c1-22(2,31)12-6-26-18-11(16(12)24)3-9(4-13(18)23)17-14(25)7-27-21(29-17)28-15-5-10-8-32-20(33-10)19(15)30/h3-4,6-7,10,15,19-20,30-31H,5,8H2,1-2H3,(H,27,28,29)/t10-,15+,19-,20+/m0/s1. The molecule has 8 nitrogen and oxygen atoms in total. The van der Waals surface area contributed by atoms with Crippen molar-refractivity contribution in [3.63, 3.8) is 0 Å². The minimum absolute atomic E-state index is 0.00167. The SMILES string of the molecule is CC(C)(O)c1cnc2c(Cl)cc(-c3nc(N[C@@H]4C[C@H]5CO[C@H](O5)[C@H]4O)ncc3F)cc2c1Cl. The van der Waals surface area contributed by atoms with Crippen molar-refractivity contribution in [3.05, 3.63) is 46.0 Å². The summed E-state index contributed by atoms with van der Waals surface area (Å²) in [5.74, 6) is -0.517. The molecule has 5 rings (SSSR count). The zero-order valence-electron chi connectivity index (χ0n) is 17.7. The molecule has 0 unspecified atom stereocenters. The van der Waals surface area contributed by atoms with Gasteiger partial charge in [-0.05, 0) is 32.4 Å². The molecule has 2 aliphatic rings. The van der Waals surface area contributed by atoms with Gasteiger partial charge in [-0.3, -0.25) is 4.98 Å². The molecule has 0 radical (unpaired) electrons. The molecule has 0 amide bonds. The smallest absolute Gasteiger partial charge is 0.223 e. The minimum Gasteiger partial charge on any atom is -0.386 e. The van der Waals surface area contributed by atoms with Gasteiger partial charge in [0.25, 0.3) is 0 Å². The van der Waals surface area contributed by atoms with Gasteiger partial charge in [0.15, 0.2) is 12.1 Å². The summed E-state index contributed by atoms with van der Waals surface area (Å²) in [5, 5.41) is 24.9. The lowest BCUT2D eigenvalue weighted by Gasteiger charge is -2.32. The van der Waals surface area contributed by atoms with Gasteiger partial charge in [0.1, 0.15) is 11.8 Å². The molecule has 4 atom stereocenters. The first kappa shape index (κ1) is 22.6. The van der Waals surface area contributed by atoms with Gasteiger partial charge in [0.2, 0.25) is 5.95 Å². The first-order valence-corrected chi connectivity index (χ1v) is 11.1. The van der Waals surface area contributed by atoms with Crippen LogP contribution in [0.4, 0.5) is 10.3 Å². The van der Waals surface area contributed by atoms with Crippen molar-refractivity contribution in [1.29, 1.82) is 0 Å². The Bertz CT molecular complexity index is 1240. The maximum Gasteiger partial charge on any atom is 0.223 e. The highest BCUT2D eigenvalue weighted by molar-refractivity contribution is 6.40. The molecule has 3 N–H and O–H groups in total. The highest BCUT2D eigenvalue weighted by atomic mass is 35.5. The molecule has 2 fully saturated rings. The van der Waals surface area contributed by atoms with Crippen LogP contribution in [0.3, 0.4) is 0 Å². The number of benzene rings is 1. The second-order valence-electron chi connectivity index (χ2n) is 8.73. The molecule has 1 aromatic carbocycles. The summed E-state index contributed by atoms with van der Waals surface area (Å²) in [6.07, 6.45) is 1.26. The first-order chi connectivity index (χ1) is 15.6. The van der Waals surface area contributed by atoms with Gasteiger partial charge >= 0.3 is 0 Å². The van der Waals surface area contributed by atoms with E-state index in [0.717, 1.165) is 6.20 Å². The van der Waals surface area contributed by atoms with Gasteiger partial charge in [-0.15, -0.1) is 0 Å². The Morgan fingerprint density at radius 2 is 2.00 bits per heavy atom. The number of nitrogens with zero attached hydrogens (tertiary/aromatic N) is 3. The van der Waals surface area contributed by atoms with Crippen molar-refractivity contribution in [2.45, 2.75) is 50.4 Å². The summed E-state index contributed by atoms with van der Waals surface area (Å²) >= 11 is 13.0. The lowest BCUT2D eigenvalue weighted by molar-refractivity contribution is -0.156. The molecular formula is C22H21Cl2FN4O4. The van der Waals surface area contributed by atoms with E-state index in [1.807, 2.05) is 0 Å². The summed E-state index contributed by atoms with van der Waals surface area (Å²) in [7, 11) is 0. The first-order valence-electron chi connectivity index (χ1n) is 10.4. The molecule has 3 aromatic rings. The molecule has 0 saturated carbocycles. The Morgan fingerprint density at radius 3 is 2.76 bits per heavy atom. The fraction of sp³-hybridized carbons (Fsp3) is 0.409. The van der Waals surface area contributed by atoms with E-state index in [9.17, 15) is 14.6 Å². The van der Waals surface area contributed by atoms with Crippen molar-refractivity contribution in [2.75, 3.05) is 11.9 Å². The second kappa shape index (κ2) is 8.26. The van der Waals surface area contributed by atoms with Crippen LogP contribution in [0, 0.1) is 5.82 Å². The number of halogens is 3. The average molecular weight is 495 g/mol. The van der Waals surface area contributed by atoms with Crippen LogP contribution in [0.1, 0.15) is 25.8 Å². The maximum atomic E-state index is 14.8. The number of aromatic nitrogens is 3. The Morgan fingerprint density at radius 1 is 1.21 bits per heavy atom.